The first-order chi connectivity index (χ1) is 16.6. The monoisotopic (exact) mass is 491 g/mol. The number of nitrogens with one attached hydrogen (secondary N) is 1. The van der Waals surface area contributed by atoms with Crippen LogP contribution in [0.5, 0.6) is 11.5 Å². The summed E-state index contributed by atoms with van der Waals surface area (Å²) in [5.74, 6) is -2.40. The lowest BCUT2D eigenvalue weighted by molar-refractivity contribution is -0.141. The lowest BCUT2D eigenvalue weighted by atomic mass is 9.65. The number of carboxylic acids is 1. The van der Waals surface area contributed by atoms with E-state index in [1.165, 1.54) is 6.07 Å². The molecule has 1 aromatic rings. The van der Waals surface area contributed by atoms with Crippen LogP contribution in [-0.4, -0.2) is 82.5 Å². The molecular formula is C24H38BN3O7. The molecule has 2 atom stereocenters. The van der Waals surface area contributed by atoms with Crippen molar-refractivity contribution in [3.63, 3.8) is 0 Å². The number of phenols is 1. The number of aromatic carboxylic acids is 1. The minimum atomic E-state index is -1.60. The fourth-order valence-corrected chi connectivity index (χ4v) is 4.93. The third-order valence-electron chi connectivity index (χ3n) is 7.52. The van der Waals surface area contributed by atoms with E-state index in [1.807, 2.05) is 0 Å². The van der Waals surface area contributed by atoms with Gasteiger partial charge in [0.05, 0.1) is 13.1 Å². The number of amides is 1. The number of benzene rings is 1. The summed E-state index contributed by atoms with van der Waals surface area (Å²) in [4.78, 5) is 26.3. The Hall–Kier alpha value is -2.34. The molecule has 1 aromatic carbocycles. The van der Waals surface area contributed by atoms with Gasteiger partial charge in [0, 0.05) is 25.6 Å². The number of aromatic hydroxyl groups is 1. The number of carbonyl (C=O) groups excluding carboxylic acids is 1. The van der Waals surface area contributed by atoms with E-state index in [9.17, 15) is 29.9 Å². The fourth-order valence-electron chi connectivity index (χ4n) is 4.93. The standard InChI is InChI=1S/C24H38BN3O7/c1-14(15(2)25(33)34)19-7-8-20(22(23(19)30)24(31)32)35-18-12-28(13-18)21(29)11-16-3-5-17(6-4-16)27-10-9-26/h7-8,14-18,27,30,33-34H,3-6,9-13,26H2,1-2H3,(H,31,32)/t14-,15+,16-,17+/m0/s1. The van der Waals surface area contributed by atoms with Crippen LogP contribution in [0.2, 0.25) is 5.82 Å². The molecule has 35 heavy (non-hydrogen) atoms. The second kappa shape index (κ2) is 12.1. The molecular weight excluding hydrogens is 453 g/mol. The average Bonchev–Trinajstić information content (AvgIpc) is 2.79. The molecule has 0 aromatic heterocycles. The van der Waals surface area contributed by atoms with Crippen LogP contribution in [0.4, 0.5) is 0 Å². The summed E-state index contributed by atoms with van der Waals surface area (Å²) >= 11 is 0. The maximum atomic E-state index is 12.7. The van der Waals surface area contributed by atoms with E-state index in [1.54, 1.807) is 24.8 Å². The molecule has 7 N–H and O–H groups in total. The summed E-state index contributed by atoms with van der Waals surface area (Å²) in [5.41, 5.74) is 5.48. The third kappa shape index (κ3) is 6.66. The number of nitrogens with two attached hydrogens (primary N) is 1. The summed E-state index contributed by atoms with van der Waals surface area (Å²) in [6, 6.07) is 3.51. The van der Waals surface area contributed by atoms with Crippen molar-refractivity contribution in [3.05, 3.63) is 23.3 Å². The minimum absolute atomic E-state index is 0.0311. The number of hydrogen-bond acceptors (Lipinski definition) is 8. The number of rotatable bonds is 11. The highest BCUT2D eigenvalue weighted by Gasteiger charge is 2.36. The van der Waals surface area contributed by atoms with Crippen molar-refractivity contribution in [2.45, 2.75) is 69.8 Å². The van der Waals surface area contributed by atoms with Gasteiger partial charge in [0.15, 0.2) is 0 Å². The molecule has 0 bridgehead atoms. The van der Waals surface area contributed by atoms with Gasteiger partial charge in [-0.2, -0.15) is 0 Å². The van der Waals surface area contributed by atoms with Crippen molar-refractivity contribution in [1.82, 2.24) is 10.2 Å². The van der Waals surface area contributed by atoms with E-state index in [0.717, 1.165) is 32.2 Å². The molecule has 1 heterocycles. The Kier molecular flexibility index (Phi) is 9.40. The van der Waals surface area contributed by atoms with Gasteiger partial charge in [-0.1, -0.05) is 19.9 Å². The van der Waals surface area contributed by atoms with Crippen molar-refractivity contribution in [2.75, 3.05) is 26.2 Å². The van der Waals surface area contributed by atoms with Crippen molar-refractivity contribution < 1.29 is 34.6 Å². The first-order valence-electron chi connectivity index (χ1n) is 12.5. The highest BCUT2D eigenvalue weighted by atomic mass is 16.5. The van der Waals surface area contributed by atoms with Gasteiger partial charge in [-0.25, -0.2) is 4.79 Å². The quantitative estimate of drug-likeness (QED) is 0.249. The Morgan fingerprint density at radius 1 is 1.20 bits per heavy atom. The van der Waals surface area contributed by atoms with Crippen molar-refractivity contribution >= 4 is 19.0 Å². The zero-order chi connectivity index (χ0) is 25.7. The molecule has 1 amide bonds. The third-order valence-corrected chi connectivity index (χ3v) is 7.52. The van der Waals surface area contributed by atoms with E-state index in [2.05, 4.69) is 5.32 Å². The Morgan fingerprint density at radius 3 is 2.43 bits per heavy atom. The predicted molar refractivity (Wildman–Crippen MR) is 132 cm³/mol. The molecule has 0 radical (unpaired) electrons. The summed E-state index contributed by atoms with van der Waals surface area (Å²) in [5, 5.41) is 42.6. The van der Waals surface area contributed by atoms with E-state index in [-0.39, 0.29) is 23.3 Å². The molecule has 11 heteroatoms. The molecule has 2 aliphatic rings. The van der Waals surface area contributed by atoms with Crippen molar-refractivity contribution in [1.29, 1.82) is 0 Å². The Balaban J connectivity index is 1.53. The molecule has 194 valence electrons. The Labute approximate surface area is 206 Å². The number of ether oxygens (including phenoxy) is 1. The molecule has 10 nitrogen and oxygen atoms in total. The van der Waals surface area contributed by atoms with Gasteiger partial charge in [-0.15, -0.1) is 0 Å². The number of likely N-dealkylation sites (tertiary alicyclic amines) is 1. The maximum Gasteiger partial charge on any atom is 0.455 e. The van der Waals surface area contributed by atoms with Crippen LogP contribution in [-0.2, 0) is 4.79 Å². The van der Waals surface area contributed by atoms with E-state index < -0.39 is 30.6 Å². The second-order valence-corrected chi connectivity index (χ2v) is 9.95. The van der Waals surface area contributed by atoms with Crippen LogP contribution >= 0.6 is 0 Å². The van der Waals surface area contributed by atoms with Crippen LogP contribution in [0.25, 0.3) is 0 Å². The van der Waals surface area contributed by atoms with Crippen LogP contribution < -0.4 is 15.8 Å². The fraction of sp³-hybridized carbons (Fsp3) is 0.667. The molecule has 1 saturated heterocycles. The van der Waals surface area contributed by atoms with E-state index in [4.69, 9.17) is 10.5 Å². The van der Waals surface area contributed by atoms with Gasteiger partial charge in [0.2, 0.25) is 5.91 Å². The van der Waals surface area contributed by atoms with Crippen LogP contribution in [0, 0.1) is 5.92 Å². The molecule has 1 saturated carbocycles. The highest BCUT2D eigenvalue weighted by Crippen LogP contribution is 2.40. The van der Waals surface area contributed by atoms with Crippen LogP contribution in [0.3, 0.4) is 0 Å². The van der Waals surface area contributed by atoms with Gasteiger partial charge in [0.1, 0.15) is 23.2 Å². The van der Waals surface area contributed by atoms with Crippen LogP contribution in [0.15, 0.2) is 12.1 Å². The Morgan fingerprint density at radius 2 is 1.86 bits per heavy atom. The summed E-state index contributed by atoms with van der Waals surface area (Å²) in [7, 11) is -1.60. The molecule has 0 unspecified atom stereocenters. The lowest BCUT2D eigenvalue weighted by Gasteiger charge is -2.40. The molecule has 2 fully saturated rings. The van der Waals surface area contributed by atoms with Gasteiger partial charge in [-0.05, 0) is 55.0 Å². The largest absolute Gasteiger partial charge is 0.507 e. The zero-order valence-corrected chi connectivity index (χ0v) is 20.5. The SMILES string of the molecule is C[C@H](c1ccc(OC2CN(C(=O)C[C@H]3CC[C@@H](NCCN)CC3)C2)c(C(=O)O)c1O)[C@@H](C)B(O)O. The molecule has 0 spiro atoms. The number of carbonyl (C=O) groups is 2. The summed E-state index contributed by atoms with van der Waals surface area (Å²) in [6.07, 6.45) is 4.29. The first-order valence-corrected chi connectivity index (χ1v) is 12.5. The van der Waals surface area contributed by atoms with Crippen molar-refractivity contribution in [3.8, 4) is 11.5 Å². The van der Waals surface area contributed by atoms with Gasteiger partial charge >= 0.3 is 13.1 Å². The van der Waals surface area contributed by atoms with Crippen LogP contribution in [0.1, 0.15) is 67.8 Å². The minimum Gasteiger partial charge on any atom is -0.507 e. The zero-order valence-electron chi connectivity index (χ0n) is 20.5. The highest BCUT2D eigenvalue weighted by molar-refractivity contribution is 6.43. The smallest absolute Gasteiger partial charge is 0.455 e. The van der Waals surface area contributed by atoms with Gasteiger partial charge in [0.25, 0.3) is 0 Å². The molecule has 3 rings (SSSR count). The van der Waals surface area contributed by atoms with E-state index >= 15 is 0 Å². The number of carboxylic acid groups (broad SMARTS) is 1. The van der Waals surface area contributed by atoms with Crippen molar-refractivity contribution in [2.24, 2.45) is 11.7 Å². The molecule has 1 aliphatic heterocycles. The van der Waals surface area contributed by atoms with E-state index in [0.29, 0.717) is 43.6 Å². The first kappa shape index (κ1) is 27.3. The maximum absolute atomic E-state index is 12.7. The van der Waals surface area contributed by atoms with Gasteiger partial charge in [-0.3, -0.25) is 4.79 Å². The lowest BCUT2D eigenvalue weighted by Crippen LogP contribution is -2.56. The normalized spacial score (nSPS) is 22.3. The second-order valence-electron chi connectivity index (χ2n) is 9.95. The Bertz CT molecular complexity index is 886. The predicted octanol–water partition coefficient (Wildman–Crippen LogP) is 1.14. The summed E-state index contributed by atoms with van der Waals surface area (Å²) < 4.78 is 5.84. The summed E-state index contributed by atoms with van der Waals surface area (Å²) in [6.45, 7) is 5.47. The van der Waals surface area contributed by atoms with Gasteiger partial charge < -0.3 is 40.9 Å². The number of nitrogens with zero attached hydrogens (tertiary/aromatic N) is 1. The molecule has 1 aliphatic carbocycles. The topological polar surface area (TPSA) is 166 Å². The number of hydrogen-bond donors (Lipinski definition) is 6. The average molecular weight is 491 g/mol.